The van der Waals surface area contributed by atoms with Crippen LogP contribution in [0.2, 0.25) is 0 Å². The second kappa shape index (κ2) is 4.95. The van der Waals surface area contributed by atoms with E-state index in [0.717, 1.165) is 19.2 Å². The van der Waals surface area contributed by atoms with E-state index in [0.29, 0.717) is 0 Å². The van der Waals surface area contributed by atoms with Crippen LogP contribution in [0.4, 0.5) is 0 Å². The second-order valence-electron chi connectivity index (χ2n) is 3.13. The average molecular weight is 395 g/mol. The average Bonchev–Trinajstić information content (AvgIpc) is 2.74. The fourth-order valence-corrected chi connectivity index (χ4v) is 2.99. The van der Waals surface area contributed by atoms with Gasteiger partial charge in [-0.3, -0.25) is 0 Å². The maximum atomic E-state index is 10.2. The summed E-state index contributed by atoms with van der Waals surface area (Å²) < 4.78 is 2.07. The predicted molar refractivity (Wildman–Crippen MR) is 75.2 cm³/mol. The van der Waals surface area contributed by atoms with Gasteiger partial charge >= 0.3 is 0 Å². The first-order chi connectivity index (χ1) is 7.18. The SMILES string of the molecule is OC(c1ccsc1)c1cc(I)ccc1Br. The molecule has 15 heavy (non-hydrogen) atoms. The quantitative estimate of drug-likeness (QED) is 0.757. The van der Waals surface area contributed by atoms with Gasteiger partial charge in [-0.25, -0.2) is 0 Å². The number of hydrogen-bond acceptors (Lipinski definition) is 2. The van der Waals surface area contributed by atoms with Gasteiger partial charge < -0.3 is 5.11 Å². The predicted octanol–water partition coefficient (Wildman–Crippen LogP) is 4.20. The summed E-state index contributed by atoms with van der Waals surface area (Å²) in [5, 5.41) is 14.1. The van der Waals surface area contributed by atoms with Crippen molar-refractivity contribution >= 4 is 49.9 Å². The van der Waals surface area contributed by atoms with Crippen LogP contribution in [0, 0.1) is 3.57 Å². The maximum absolute atomic E-state index is 10.2. The van der Waals surface area contributed by atoms with Crippen molar-refractivity contribution in [1.82, 2.24) is 0 Å². The first-order valence-corrected chi connectivity index (χ1v) is 7.15. The minimum atomic E-state index is -0.541. The third-order valence-electron chi connectivity index (χ3n) is 2.11. The van der Waals surface area contributed by atoms with Gasteiger partial charge in [-0.05, 0) is 63.2 Å². The van der Waals surface area contributed by atoms with Crippen molar-refractivity contribution in [3.8, 4) is 0 Å². The van der Waals surface area contributed by atoms with E-state index in [1.165, 1.54) is 0 Å². The highest BCUT2D eigenvalue weighted by atomic mass is 127. The highest BCUT2D eigenvalue weighted by molar-refractivity contribution is 14.1. The van der Waals surface area contributed by atoms with Gasteiger partial charge in [-0.1, -0.05) is 15.9 Å². The summed E-state index contributed by atoms with van der Waals surface area (Å²) in [6.07, 6.45) is -0.541. The molecule has 0 radical (unpaired) electrons. The molecule has 78 valence electrons. The minimum absolute atomic E-state index is 0.541. The molecule has 0 fully saturated rings. The molecule has 0 saturated heterocycles. The Morgan fingerprint density at radius 2 is 2.13 bits per heavy atom. The number of thiophene rings is 1. The van der Waals surface area contributed by atoms with Gasteiger partial charge in [0.1, 0.15) is 6.10 Å². The van der Waals surface area contributed by atoms with E-state index in [-0.39, 0.29) is 0 Å². The summed E-state index contributed by atoms with van der Waals surface area (Å²) >= 11 is 7.30. The van der Waals surface area contributed by atoms with Crippen LogP contribution in [0.25, 0.3) is 0 Å². The molecule has 1 aromatic carbocycles. The molecular formula is C11H8BrIOS. The highest BCUT2D eigenvalue weighted by Crippen LogP contribution is 2.30. The van der Waals surface area contributed by atoms with E-state index < -0.39 is 6.10 Å². The smallest absolute Gasteiger partial charge is 0.106 e. The molecule has 2 rings (SSSR count). The lowest BCUT2D eigenvalue weighted by Gasteiger charge is -2.11. The third-order valence-corrected chi connectivity index (χ3v) is 4.21. The Balaban J connectivity index is 2.41. The molecule has 0 aliphatic heterocycles. The lowest BCUT2D eigenvalue weighted by molar-refractivity contribution is 0.220. The maximum Gasteiger partial charge on any atom is 0.106 e. The van der Waals surface area contributed by atoms with Crippen molar-refractivity contribution < 1.29 is 5.11 Å². The monoisotopic (exact) mass is 394 g/mol. The fraction of sp³-hybridized carbons (Fsp3) is 0.0909. The van der Waals surface area contributed by atoms with Crippen LogP contribution < -0.4 is 0 Å². The first-order valence-electron chi connectivity index (χ1n) is 4.33. The van der Waals surface area contributed by atoms with Gasteiger partial charge in [0.25, 0.3) is 0 Å². The van der Waals surface area contributed by atoms with Gasteiger partial charge in [0.15, 0.2) is 0 Å². The van der Waals surface area contributed by atoms with E-state index in [9.17, 15) is 5.11 Å². The molecule has 0 aliphatic carbocycles. The fourth-order valence-electron chi connectivity index (χ4n) is 1.33. The van der Waals surface area contributed by atoms with E-state index in [2.05, 4.69) is 38.5 Å². The lowest BCUT2D eigenvalue weighted by atomic mass is 10.0. The number of aliphatic hydroxyl groups is 1. The number of rotatable bonds is 2. The number of aliphatic hydroxyl groups excluding tert-OH is 1. The molecule has 0 aliphatic rings. The Bertz CT molecular complexity index is 456. The summed E-state index contributed by atoms with van der Waals surface area (Å²) in [7, 11) is 0. The molecular weight excluding hydrogens is 387 g/mol. The van der Waals surface area contributed by atoms with Crippen LogP contribution >= 0.6 is 49.9 Å². The Hall–Kier alpha value is 0.0900. The zero-order chi connectivity index (χ0) is 10.8. The van der Waals surface area contributed by atoms with Crippen LogP contribution in [0.5, 0.6) is 0 Å². The van der Waals surface area contributed by atoms with Crippen molar-refractivity contribution in [2.45, 2.75) is 6.10 Å². The van der Waals surface area contributed by atoms with Crippen molar-refractivity contribution in [2.75, 3.05) is 0 Å². The highest BCUT2D eigenvalue weighted by Gasteiger charge is 2.14. The minimum Gasteiger partial charge on any atom is -0.384 e. The van der Waals surface area contributed by atoms with Crippen molar-refractivity contribution in [3.05, 3.63) is 54.2 Å². The Morgan fingerprint density at radius 3 is 2.80 bits per heavy atom. The largest absolute Gasteiger partial charge is 0.384 e. The van der Waals surface area contributed by atoms with Gasteiger partial charge in [0.05, 0.1) is 0 Å². The normalized spacial score (nSPS) is 12.7. The van der Waals surface area contributed by atoms with Gasteiger partial charge in [0, 0.05) is 13.6 Å². The zero-order valence-corrected chi connectivity index (χ0v) is 12.2. The van der Waals surface area contributed by atoms with Gasteiger partial charge in [0.2, 0.25) is 0 Å². The molecule has 1 atom stereocenters. The molecule has 4 heteroatoms. The zero-order valence-electron chi connectivity index (χ0n) is 7.65. The van der Waals surface area contributed by atoms with Gasteiger partial charge in [-0.15, -0.1) is 0 Å². The van der Waals surface area contributed by atoms with Crippen molar-refractivity contribution in [1.29, 1.82) is 0 Å². The standard InChI is InChI=1S/C11H8BrIOS/c12-10-2-1-8(13)5-9(10)11(14)7-3-4-15-6-7/h1-6,11,14H. The summed E-state index contributed by atoms with van der Waals surface area (Å²) in [5.74, 6) is 0. The summed E-state index contributed by atoms with van der Waals surface area (Å²) in [6, 6.07) is 7.91. The Morgan fingerprint density at radius 1 is 1.33 bits per heavy atom. The molecule has 0 saturated carbocycles. The summed E-state index contributed by atoms with van der Waals surface area (Å²) in [4.78, 5) is 0. The molecule has 0 spiro atoms. The van der Waals surface area contributed by atoms with E-state index in [4.69, 9.17) is 0 Å². The lowest BCUT2D eigenvalue weighted by Crippen LogP contribution is -1.99. The van der Waals surface area contributed by atoms with Crippen LogP contribution in [-0.4, -0.2) is 5.11 Å². The topological polar surface area (TPSA) is 20.2 Å². The molecule has 0 bridgehead atoms. The summed E-state index contributed by atoms with van der Waals surface area (Å²) in [6.45, 7) is 0. The summed E-state index contributed by atoms with van der Waals surface area (Å²) in [5.41, 5.74) is 1.86. The molecule has 1 aromatic heterocycles. The Labute approximate surface area is 114 Å². The van der Waals surface area contributed by atoms with Crippen LogP contribution in [0.15, 0.2) is 39.5 Å². The second-order valence-corrected chi connectivity index (χ2v) is 6.01. The van der Waals surface area contributed by atoms with Crippen molar-refractivity contribution in [2.24, 2.45) is 0 Å². The Kier molecular flexibility index (Phi) is 3.82. The van der Waals surface area contributed by atoms with E-state index in [1.54, 1.807) is 11.3 Å². The molecule has 1 nitrogen and oxygen atoms in total. The third kappa shape index (κ3) is 2.61. The molecule has 2 aromatic rings. The van der Waals surface area contributed by atoms with E-state index in [1.807, 2.05) is 35.0 Å². The molecule has 0 amide bonds. The molecule has 1 heterocycles. The number of benzene rings is 1. The number of halogens is 2. The number of hydrogen-bond donors (Lipinski definition) is 1. The van der Waals surface area contributed by atoms with Crippen LogP contribution in [-0.2, 0) is 0 Å². The van der Waals surface area contributed by atoms with Crippen LogP contribution in [0.1, 0.15) is 17.2 Å². The van der Waals surface area contributed by atoms with Gasteiger partial charge in [-0.2, -0.15) is 11.3 Å². The molecule has 1 N–H and O–H groups in total. The van der Waals surface area contributed by atoms with Crippen molar-refractivity contribution in [3.63, 3.8) is 0 Å². The first kappa shape index (κ1) is 11.6. The van der Waals surface area contributed by atoms with E-state index >= 15 is 0 Å². The molecule has 1 unspecified atom stereocenters. The van der Waals surface area contributed by atoms with Crippen LogP contribution in [0.3, 0.4) is 0 Å².